The highest BCUT2D eigenvalue weighted by Crippen LogP contribution is 2.14. The normalized spacial score (nSPS) is 18.3. The minimum absolute atomic E-state index is 0.0699. The first kappa shape index (κ1) is 14.8. The first-order valence-corrected chi connectivity index (χ1v) is 7.76. The summed E-state index contributed by atoms with van der Waals surface area (Å²) in [5.74, 6) is 0.241. The highest BCUT2D eigenvalue weighted by atomic mass is 16.4. The molecule has 0 aliphatic carbocycles. The van der Waals surface area contributed by atoms with Crippen LogP contribution in [0.1, 0.15) is 29.6 Å². The van der Waals surface area contributed by atoms with E-state index in [9.17, 15) is 9.59 Å². The van der Waals surface area contributed by atoms with Gasteiger partial charge in [0.05, 0.1) is 0 Å². The first-order valence-electron chi connectivity index (χ1n) is 7.76. The van der Waals surface area contributed by atoms with Crippen molar-refractivity contribution < 1.29 is 9.21 Å². The molecular weight excluding hydrogens is 280 g/mol. The van der Waals surface area contributed by atoms with Crippen LogP contribution >= 0.6 is 0 Å². The molecule has 2 heterocycles. The number of fused-ring (bicyclic) bond motifs is 1. The zero-order valence-electron chi connectivity index (χ0n) is 12.4. The second kappa shape index (κ2) is 6.75. The molecule has 1 saturated heterocycles. The summed E-state index contributed by atoms with van der Waals surface area (Å²) in [5, 5.41) is 6.93. The minimum atomic E-state index is -0.587. The lowest BCUT2D eigenvalue weighted by atomic mass is 9.96. The lowest BCUT2D eigenvalue weighted by Gasteiger charge is -2.22. The average molecular weight is 300 g/mol. The Kier molecular flexibility index (Phi) is 4.53. The van der Waals surface area contributed by atoms with Gasteiger partial charge in [-0.15, -0.1) is 0 Å². The number of rotatable bonds is 4. The number of piperidine rings is 1. The summed E-state index contributed by atoms with van der Waals surface area (Å²) in [6, 6.07) is 8.78. The van der Waals surface area contributed by atoms with Crippen molar-refractivity contribution in [3.05, 3.63) is 46.3 Å². The smallest absolute Gasteiger partial charge is 0.349 e. The van der Waals surface area contributed by atoms with E-state index >= 15 is 0 Å². The van der Waals surface area contributed by atoms with Crippen molar-refractivity contribution >= 4 is 16.9 Å². The fourth-order valence-electron chi connectivity index (χ4n) is 2.88. The zero-order valence-corrected chi connectivity index (χ0v) is 12.4. The van der Waals surface area contributed by atoms with E-state index in [1.807, 2.05) is 12.1 Å². The van der Waals surface area contributed by atoms with E-state index in [1.165, 1.54) is 12.8 Å². The van der Waals surface area contributed by atoms with Gasteiger partial charge in [-0.2, -0.15) is 0 Å². The molecule has 5 nitrogen and oxygen atoms in total. The Morgan fingerprint density at radius 2 is 2.23 bits per heavy atom. The summed E-state index contributed by atoms with van der Waals surface area (Å²) in [5.41, 5.74) is -0.0201. The summed E-state index contributed by atoms with van der Waals surface area (Å²) in [4.78, 5) is 24.1. The van der Waals surface area contributed by atoms with E-state index in [1.54, 1.807) is 18.2 Å². The molecule has 2 N–H and O–H groups in total. The fourth-order valence-corrected chi connectivity index (χ4v) is 2.88. The maximum atomic E-state index is 12.2. The van der Waals surface area contributed by atoms with Crippen molar-refractivity contribution in [3.8, 4) is 0 Å². The second-order valence-electron chi connectivity index (χ2n) is 5.74. The van der Waals surface area contributed by atoms with Gasteiger partial charge in [-0.3, -0.25) is 4.79 Å². The van der Waals surface area contributed by atoms with Crippen LogP contribution in [-0.4, -0.2) is 25.5 Å². The Labute approximate surface area is 128 Å². The molecule has 0 saturated carbocycles. The van der Waals surface area contributed by atoms with Gasteiger partial charge in [0.25, 0.3) is 5.91 Å². The van der Waals surface area contributed by atoms with Crippen LogP contribution in [0.2, 0.25) is 0 Å². The molecule has 22 heavy (non-hydrogen) atoms. The molecule has 5 heteroatoms. The molecule has 2 aromatic rings. The topological polar surface area (TPSA) is 71.3 Å². The monoisotopic (exact) mass is 300 g/mol. The Morgan fingerprint density at radius 1 is 1.36 bits per heavy atom. The number of hydrogen-bond donors (Lipinski definition) is 2. The summed E-state index contributed by atoms with van der Waals surface area (Å²) in [6.07, 6.45) is 3.31. The number of para-hydroxylation sites is 1. The van der Waals surface area contributed by atoms with Crippen LogP contribution in [0, 0.1) is 5.92 Å². The van der Waals surface area contributed by atoms with Crippen molar-refractivity contribution in [2.24, 2.45) is 5.92 Å². The number of nitrogens with one attached hydrogen (secondary N) is 2. The number of carbonyl (C=O) groups excluding carboxylic acids is 1. The predicted octanol–water partition coefficient (Wildman–Crippen LogP) is 1.91. The van der Waals surface area contributed by atoms with Crippen LogP contribution in [0.5, 0.6) is 0 Å². The Hall–Kier alpha value is -2.14. The zero-order chi connectivity index (χ0) is 15.4. The van der Waals surface area contributed by atoms with Crippen molar-refractivity contribution in [2.75, 3.05) is 19.6 Å². The van der Waals surface area contributed by atoms with Gasteiger partial charge < -0.3 is 15.1 Å². The Balaban J connectivity index is 1.64. The summed E-state index contributed by atoms with van der Waals surface area (Å²) in [6.45, 7) is 2.67. The number of amides is 1. The molecule has 1 aromatic carbocycles. The molecule has 1 aromatic heterocycles. The molecule has 1 unspecified atom stereocenters. The van der Waals surface area contributed by atoms with Crippen molar-refractivity contribution in [1.29, 1.82) is 0 Å². The minimum Gasteiger partial charge on any atom is -0.422 e. The summed E-state index contributed by atoms with van der Waals surface area (Å²) >= 11 is 0. The van der Waals surface area contributed by atoms with E-state index in [0.717, 1.165) is 24.9 Å². The lowest BCUT2D eigenvalue weighted by Crippen LogP contribution is -2.34. The van der Waals surface area contributed by atoms with Crippen LogP contribution < -0.4 is 16.3 Å². The van der Waals surface area contributed by atoms with E-state index in [0.29, 0.717) is 18.0 Å². The van der Waals surface area contributed by atoms with Crippen LogP contribution in [-0.2, 0) is 0 Å². The van der Waals surface area contributed by atoms with E-state index < -0.39 is 5.63 Å². The molecular formula is C17H20N2O3. The summed E-state index contributed by atoms with van der Waals surface area (Å²) < 4.78 is 5.18. The van der Waals surface area contributed by atoms with Crippen LogP contribution in [0.15, 0.2) is 39.5 Å². The van der Waals surface area contributed by atoms with E-state index in [4.69, 9.17) is 4.42 Å². The molecule has 3 rings (SSSR count). The molecule has 0 spiro atoms. The van der Waals surface area contributed by atoms with Crippen molar-refractivity contribution in [2.45, 2.75) is 19.3 Å². The lowest BCUT2D eigenvalue weighted by molar-refractivity contribution is 0.0947. The number of carbonyl (C=O) groups is 1. The third kappa shape index (κ3) is 3.36. The van der Waals surface area contributed by atoms with Gasteiger partial charge in [-0.1, -0.05) is 18.2 Å². The highest BCUT2D eigenvalue weighted by Gasteiger charge is 2.15. The third-order valence-electron chi connectivity index (χ3n) is 4.12. The molecule has 1 aliphatic rings. The maximum absolute atomic E-state index is 12.2. The standard InChI is InChI=1S/C17H20N2O3/c20-16(19-9-7-12-4-3-8-18-11-12)14-10-13-5-1-2-6-15(13)22-17(14)21/h1-2,5-6,10,12,18H,3-4,7-9,11H2,(H,19,20). The molecule has 0 bridgehead atoms. The van der Waals surface area contributed by atoms with Crippen molar-refractivity contribution in [3.63, 3.8) is 0 Å². The van der Waals surface area contributed by atoms with E-state index in [2.05, 4.69) is 10.6 Å². The molecule has 116 valence electrons. The van der Waals surface area contributed by atoms with E-state index in [-0.39, 0.29) is 11.5 Å². The number of hydrogen-bond acceptors (Lipinski definition) is 4. The second-order valence-corrected chi connectivity index (χ2v) is 5.74. The number of benzene rings is 1. The van der Waals surface area contributed by atoms with Crippen molar-refractivity contribution in [1.82, 2.24) is 10.6 Å². The van der Waals surface area contributed by atoms with Gasteiger partial charge >= 0.3 is 5.63 Å². The molecule has 0 radical (unpaired) electrons. The van der Waals surface area contributed by atoms with Gasteiger partial charge in [-0.05, 0) is 50.4 Å². The van der Waals surface area contributed by atoms with Gasteiger partial charge in [-0.25, -0.2) is 4.79 Å². The quantitative estimate of drug-likeness (QED) is 0.846. The predicted molar refractivity (Wildman–Crippen MR) is 85.0 cm³/mol. The highest BCUT2D eigenvalue weighted by molar-refractivity contribution is 5.96. The molecule has 1 fully saturated rings. The van der Waals surface area contributed by atoms with Gasteiger partial charge in [0, 0.05) is 11.9 Å². The van der Waals surface area contributed by atoms with Gasteiger partial charge in [0.15, 0.2) is 0 Å². The Bertz CT molecular complexity index is 717. The average Bonchev–Trinajstić information content (AvgIpc) is 2.55. The largest absolute Gasteiger partial charge is 0.422 e. The van der Waals surface area contributed by atoms with Crippen LogP contribution in [0.4, 0.5) is 0 Å². The van der Waals surface area contributed by atoms with Crippen LogP contribution in [0.25, 0.3) is 11.0 Å². The summed E-state index contributed by atoms with van der Waals surface area (Å²) in [7, 11) is 0. The molecule has 1 aliphatic heterocycles. The fraction of sp³-hybridized carbons (Fsp3) is 0.412. The SMILES string of the molecule is O=C(NCCC1CCCNC1)c1cc2ccccc2oc1=O. The first-order chi connectivity index (χ1) is 10.7. The Morgan fingerprint density at radius 3 is 3.05 bits per heavy atom. The molecule has 1 amide bonds. The van der Waals surface area contributed by atoms with Gasteiger partial charge in [0.1, 0.15) is 11.1 Å². The van der Waals surface area contributed by atoms with Gasteiger partial charge in [0.2, 0.25) is 0 Å². The maximum Gasteiger partial charge on any atom is 0.349 e. The molecule has 1 atom stereocenters. The third-order valence-corrected chi connectivity index (χ3v) is 4.12. The van der Waals surface area contributed by atoms with Crippen LogP contribution in [0.3, 0.4) is 0 Å².